The van der Waals surface area contributed by atoms with Crippen LogP contribution in [0, 0.1) is 0 Å². The molecule has 0 spiro atoms. The fourth-order valence-corrected chi connectivity index (χ4v) is 6.14. The van der Waals surface area contributed by atoms with Crippen molar-refractivity contribution in [2.45, 2.75) is 43.6 Å². The molecule has 2 aromatic carbocycles. The van der Waals surface area contributed by atoms with E-state index in [0.29, 0.717) is 23.0 Å². The van der Waals surface area contributed by atoms with Crippen molar-refractivity contribution in [3.8, 4) is 0 Å². The van der Waals surface area contributed by atoms with Gasteiger partial charge in [0.25, 0.3) is 5.91 Å². The SMILES string of the molecule is CN1CCCC1CCN1C(=O)/C(=C/c2ccc3c(cnn3Cc3ccc(Cl)cc3C(F)(F)F)c2)SC1O. The number of aliphatic hydroxyl groups is 1. The Hall–Kier alpha value is -2.53. The number of rotatable bonds is 6. The van der Waals surface area contributed by atoms with Gasteiger partial charge in [-0.25, -0.2) is 0 Å². The Labute approximate surface area is 221 Å². The van der Waals surface area contributed by atoms with Crippen LogP contribution in [0.4, 0.5) is 13.2 Å². The first-order chi connectivity index (χ1) is 17.6. The first kappa shape index (κ1) is 26.1. The summed E-state index contributed by atoms with van der Waals surface area (Å²) >= 11 is 6.91. The van der Waals surface area contributed by atoms with Crippen molar-refractivity contribution in [2.75, 3.05) is 20.1 Å². The van der Waals surface area contributed by atoms with Gasteiger partial charge in [-0.3, -0.25) is 9.48 Å². The van der Waals surface area contributed by atoms with E-state index in [4.69, 9.17) is 11.6 Å². The topological polar surface area (TPSA) is 61.6 Å². The number of alkyl halides is 3. The summed E-state index contributed by atoms with van der Waals surface area (Å²) in [5.41, 5.74) is -0.226. The molecule has 0 bridgehead atoms. The highest BCUT2D eigenvalue weighted by Gasteiger charge is 2.36. The molecule has 3 heterocycles. The number of halogens is 4. The summed E-state index contributed by atoms with van der Waals surface area (Å²) in [5, 5.41) is 15.5. The minimum atomic E-state index is -4.53. The van der Waals surface area contributed by atoms with Crippen LogP contribution in [0.15, 0.2) is 47.5 Å². The van der Waals surface area contributed by atoms with Crippen molar-refractivity contribution < 1.29 is 23.1 Å². The molecule has 3 aromatic rings. The Bertz CT molecular complexity index is 1360. The summed E-state index contributed by atoms with van der Waals surface area (Å²) in [5.74, 6) is -0.198. The van der Waals surface area contributed by atoms with Crippen LogP contribution in [-0.2, 0) is 17.5 Å². The van der Waals surface area contributed by atoms with E-state index in [1.807, 2.05) is 6.07 Å². The summed E-state index contributed by atoms with van der Waals surface area (Å²) in [6, 6.07) is 9.53. The van der Waals surface area contributed by atoms with Crippen LogP contribution >= 0.6 is 23.4 Å². The molecule has 1 N–H and O–H groups in total. The Morgan fingerprint density at radius 3 is 2.78 bits per heavy atom. The third-order valence-electron chi connectivity index (χ3n) is 7.01. The zero-order valence-corrected chi connectivity index (χ0v) is 21.7. The lowest BCUT2D eigenvalue weighted by atomic mass is 10.1. The number of carbonyl (C=O) groups excluding carboxylic acids is 1. The normalized spacial score (nSPS) is 22.2. The number of hydrogen-bond acceptors (Lipinski definition) is 5. The van der Waals surface area contributed by atoms with Gasteiger partial charge in [-0.1, -0.05) is 35.5 Å². The number of amides is 1. The number of benzene rings is 2. The first-order valence-electron chi connectivity index (χ1n) is 12.0. The van der Waals surface area contributed by atoms with Gasteiger partial charge in [-0.2, -0.15) is 18.3 Å². The molecule has 2 atom stereocenters. The predicted molar refractivity (Wildman–Crippen MR) is 139 cm³/mol. The monoisotopic (exact) mass is 550 g/mol. The molecule has 2 aliphatic rings. The quantitative estimate of drug-likeness (QED) is 0.415. The highest BCUT2D eigenvalue weighted by molar-refractivity contribution is 8.05. The molecule has 196 valence electrons. The number of thioether (sulfide) groups is 1. The van der Waals surface area contributed by atoms with Gasteiger partial charge >= 0.3 is 6.18 Å². The number of aliphatic hydroxyl groups excluding tert-OH is 1. The van der Waals surface area contributed by atoms with Crippen LogP contribution in [0.25, 0.3) is 17.0 Å². The maximum absolute atomic E-state index is 13.5. The van der Waals surface area contributed by atoms with Gasteiger partial charge in [0.2, 0.25) is 0 Å². The average Bonchev–Trinajstić information content (AvgIpc) is 3.51. The van der Waals surface area contributed by atoms with E-state index in [0.717, 1.165) is 54.6 Å². The highest BCUT2D eigenvalue weighted by atomic mass is 35.5. The molecule has 1 amide bonds. The Morgan fingerprint density at radius 2 is 2.05 bits per heavy atom. The zero-order chi connectivity index (χ0) is 26.3. The van der Waals surface area contributed by atoms with E-state index in [1.54, 1.807) is 24.4 Å². The maximum atomic E-state index is 13.5. The first-order valence-corrected chi connectivity index (χ1v) is 13.2. The van der Waals surface area contributed by atoms with E-state index >= 15 is 0 Å². The predicted octanol–water partition coefficient (Wildman–Crippen LogP) is 5.43. The molecule has 1 aromatic heterocycles. The minimum absolute atomic E-state index is 0.0213. The van der Waals surface area contributed by atoms with Gasteiger partial charge in [-0.05, 0) is 74.3 Å². The molecular weight excluding hydrogens is 525 g/mol. The molecule has 0 radical (unpaired) electrons. The molecule has 2 unspecified atom stereocenters. The molecule has 11 heteroatoms. The molecule has 6 nitrogen and oxygen atoms in total. The zero-order valence-electron chi connectivity index (χ0n) is 20.1. The second-order valence-electron chi connectivity index (χ2n) is 9.44. The van der Waals surface area contributed by atoms with Crippen LogP contribution < -0.4 is 0 Å². The third kappa shape index (κ3) is 5.52. The molecule has 37 heavy (non-hydrogen) atoms. The standard InChI is InChI=1S/C26H26ClF3N4O2S/c1-32-9-2-3-20(32)8-10-33-24(35)23(37-25(33)36)12-16-4-7-22-18(11-16)14-31-34(22)15-17-5-6-19(27)13-21(17)26(28,29)30/h4-7,11-14,20,25,36H,2-3,8-10,15H2,1H3/b23-12-. The van der Waals surface area contributed by atoms with Crippen molar-refractivity contribution in [2.24, 2.45) is 0 Å². The van der Waals surface area contributed by atoms with Crippen LogP contribution in [0.2, 0.25) is 5.02 Å². The van der Waals surface area contributed by atoms with E-state index in [1.165, 1.54) is 21.7 Å². The molecule has 2 aliphatic heterocycles. The van der Waals surface area contributed by atoms with Gasteiger partial charge in [0.15, 0.2) is 5.56 Å². The molecule has 0 aliphatic carbocycles. The second kappa shape index (κ2) is 10.3. The fourth-order valence-electron chi connectivity index (χ4n) is 4.99. The summed E-state index contributed by atoms with van der Waals surface area (Å²) in [4.78, 5) is 17.2. The van der Waals surface area contributed by atoms with E-state index < -0.39 is 17.3 Å². The molecule has 0 saturated carbocycles. The lowest BCUT2D eigenvalue weighted by Crippen LogP contribution is -2.36. The summed E-state index contributed by atoms with van der Waals surface area (Å²) in [6.45, 7) is 1.49. The Morgan fingerprint density at radius 1 is 1.24 bits per heavy atom. The summed E-state index contributed by atoms with van der Waals surface area (Å²) in [7, 11) is 2.09. The maximum Gasteiger partial charge on any atom is 0.416 e. The van der Waals surface area contributed by atoms with Crippen LogP contribution in [-0.4, -0.2) is 62.3 Å². The van der Waals surface area contributed by atoms with Crippen molar-refractivity contribution >= 4 is 46.2 Å². The molecule has 5 rings (SSSR count). The number of aromatic nitrogens is 2. The van der Waals surface area contributed by atoms with E-state index in [2.05, 4.69) is 17.0 Å². The van der Waals surface area contributed by atoms with Crippen LogP contribution in [0.3, 0.4) is 0 Å². The van der Waals surface area contributed by atoms with Gasteiger partial charge in [0.05, 0.1) is 28.7 Å². The number of fused-ring (bicyclic) bond motifs is 1. The van der Waals surface area contributed by atoms with E-state index in [9.17, 15) is 23.1 Å². The Balaban J connectivity index is 1.33. The fraction of sp³-hybridized carbons (Fsp3) is 0.385. The largest absolute Gasteiger partial charge is 0.416 e. The van der Waals surface area contributed by atoms with Crippen molar-refractivity contribution in [3.63, 3.8) is 0 Å². The minimum Gasteiger partial charge on any atom is -0.364 e. The summed E-state index contributed by atoms with van der Waals surface area (Å²) < 4.78 is 42.0. The second-order valence-corrected chi connectivity index (χ2v) is 11.0. The smallest absolute Gasteiger partial charge is 0.364 e. The highest BCUT2D eigenvalue weighted by Crippen LogP contribution is 2.36. The van der Waals surface area contributed by atoms with Crippen LogP contribution in [0.1, 0.15) is 36.0 Å². The lowest BCUT2D eigenvalue weighted by Gasteiger charge is -2.24. The number of likely N-dealkylation sites (tertiary alicyclic amines) is 1. The Kier molecular flexibility index (Phi) is 7.28. The van der Waals surface area contributed by atoms with Gasteiger partial charge < -0.3 is 14.9 Å². The van der Waals surface area contributed by atoms with Crippen molar-refractivity contribution in [1.29, 1.82) is 0 Å². The lowest BCUT2D eigenvalue weighted by molar-refractivity contribution is -0.138. The van der Waals surface area contributed by atoms with Gasteiger partial charge in [0, 0.05) is 23.0 Å². The number of hydrogen-bond donors (Lipinski definition) is 1. The van der Waals surface area contributed by atoms with Gasteiger partial charge in [0.1, 0.15) is 0 Å². The van der Waals surface area contributed by atoms with Crippen LogP contribution in [0.5, 0.6) is 0 Å². The average molecular weight is 551 g/mol. The third-order valence-corrected chi connectivity index (χ3v) is 8.25. The number of carbonyl (C=O) groups is 1. The molecule has 2 saturated heterocycles. The van der Waals surface area contributed by atoms with E-state index in [-0.39, 0.29) is 23.0 Å². The number of nitrogens with zero attached hydrogens (tertiary/aromatic N) is 4. The van der Waals surface area contributed by atoms with Crippen molar-refractivity contribution in [3.05, 3.63) is 69.2 Å². The molecule has 2 fully saturated rings. The van der Waals surface area contributed by atoms with Gasteiger partial charge in [-0.15, -0.1) is 0 Å². The summed E-state index contributed by atoms with van der Waals surface area (Å²) in [6.07, 6.45) is 1.87. The van der Waals surface area contributed by atoms with Crippen molar-refractivity contribution in [1.82, 2.24) is 19.6 Å². The molecular formula is C26H26ClF3N4O2S.